The van der Waals surface area contributed by atoms with Gasteiger partial charge in [0.05, 0.1) is 28.6 Å². The van der Waals surface area contributed by atoms with Gasteiger partial charge in [-0.05, 0) is 37.1 Å². The molecule has 0 unspecified atom stereocenters. The molecule has 1 fully saturated rings. The first-order chi connectivity index (χ1) is 18.3. The number of ketones is 1. The van der Waals surface area contributed by atoms with Crippen molar-refractivity contribution in [2.24, 2.45) is 0 Å². The predicted molar refractivity (Wildman–Crippen MR) is 145 cm³/mol. The molecule has 0 N–H and O–H groups in total. The number of aryl methyl sites for hydroxylation is 1. The second-order valence-corrected chi connectivity index (χ2v) is 11.1. The van der Waals surface area contributed by atoms with Gasteiger partial charge in [0.25, 0.3) is 0 Å². The number of esters is 1. The first kappa shape index (κ1) is 27.4. The van der Waals surface area contributed by atoms with Crippen LogP contribution in [-0.4, -0.2) is 61.8 Å². The Labute approximate surface area is 223 Å². The van der Waals surface area contributed by atoms with E-state index in [-0.39, 0.29) is 16.2 Å². The Morgan fingerprint density at radius 1 is 1.05 bits per heavy atom. The Balaban J connectivity index is 1.61. The zero-order valence-corrected chi connectivity index (χ0v) is 22.5. The molecule has 0 bridgehead atoms. The van der Waals surface area contributed by atoms with Gasteiger partial charge in [-0.2, -0.15) is 9.57 Å². The number of hydrogen-bond donors (Lipinski definition) is 0. The lowest BCUT2D eigenvalue weighted by Gasteiger charge is -2.23. The van der Waals surface area contributed by atoms with Crippen molar-refractivity contribution in [1.82, 2.24) is 8.87 Å². The predicted octanol–water partition coefficient (Wildman–Crippen LogP) is 4.23. The number of Topliss-reactive ketones (excluding diaryl/α,β-unsaturated/α-hetero) is 1. The third-order valence-corrected chi connectivity index (χ3v) is 8.91. The van der Waals surface area contributed by atoms with E-state index in [1.165, 1.54) is 16.4 Å². The van der Waals surface area contributed by atoms with Crippen LogP contribution in [0.3, 0.4) is 0 Å². The van der Waals surface area contributed by atoms with E-state index in [0.29, 0.717) is 37.3 Å². The zero-order valence-electron chi connectivity index (χ0n) is 21.7. The Morgan fingerprint density at radius 3 is 2.45 bits per heavy atom. The molecule has 0 saturated carbocycles. The van der Waals surface area contributed by atoms with E-state index in [4.69, 9.17) is 10.00 Å². The van der Waals surface area contributed by atoms with Gasteiger partial charge in [-0.15, -0.1) is 0 Å². The molecule has 3 aromatic rings. The van der Waals surface area contributed by atoms with Gasteiger partial charge in [0.2, 0.25) is 15.8 Å². The minimum absolute atomic E-state index is 0.0167. The maximum absolute atomic E-state index is 13.3. The average Bonchev–Trinajstić information content (AvgIpc) is 3.59. The number of hydrogen-bond acceptors (Lipinski definition) is 7. The number of para-hydroxylation sites is 1. The number of ether oxygens (including phenoxy) is 1. The fraction of sp³-hybridized carbons (Fsp3) is 0.393. The Kier molecular flexibility index (Phi) is 8.49. The smallest absolute Gasteiger partial charge is 0.340 e. The SMILES string of the molecule is CCN(CC)S(=O)(=O)c1ccc(N2CCCC2)c(C(=O)OCC(=O)c2cn(CCC#N)c3ccccc23)c1. The standard InChI is InChI=1S/C28H32N4O5S/c1-3-32(4-2)38(35,36)21-12-13-26(30-15-7-8-16-30)23(18-21)28(34)37-20-27(33)24-19-31(17-9-14-29)25-11-6-5-10-22(24)25/h5-6,10-13,18-19H,3-4,7-9,15-17,20H2,1-2H3. The van der Waals surface area contributed by atoms with Crippen LogP contribution in [0.5, 0.6) is 0 Å². The van der Waals surface area contributed by atoms with Crippen molar-refractivity contribution in [1.29, 1.82) is 5.26 Å². The highest BCUT2D eigenvalue weighted by molar-refractivity contribution is 7.89. The number of anilines is 1. The summed E-state index contributed by atoms with van der Waals surface area (Å²) in [4.78, 5) is 28.5. The second-order valence-electron chi connectivity index (χ2n) is 9.12. The average molecular weight is 537 g/mol. The van der Waals surface area contributed by atoms with E-state index < -0.39 is 22.6 Å². The summed E-state index contributed by atoms with van der Waals surface area (Å²) in [5.74, 6) is -1.12. The van der Waals surface area contributed by atoms with E-state index >= 15 is 0 Å². The van der Waals surface area contributed by atoms with E-state index in [1.54, 1.807) is 26.1 Å². The molecular formula is C28H32N4O5S. The highest BCUT2D eigenvalue weighted by atomic mass is 32.2. The van der Waals surface area contributed by atoms with Gasteiger partial charge in [-0.1, -0.05) is 32.0 Å². The van der Waals surface area contributed by atoms with E-state index in [0.717, 1.165) is 36.8 Å². The summed E-state index contributed by atoms with van der Waals surface area (Å²) < 4.78 is 34.9. The van der Waals surface area contributed by atoms with Crippen molar-refractivity contribution in [3.63, 3.8) is 0 Å². The van der Waals surface area contributed by atoms with Crippen LogP contribution in [0.2, 0.25) is 0 Å². The van der Waals surface area contributed by atoms with Gasteiger partial charge >= 0.3 is 5.97 Å². The molecule has 1 saturated heterocycles. The molecule has 9 nitrogen and oxygen atoms in total. The quantitative estimate of drug-likeness (QED) is 0.266. The maximum atomic E-state index is 13.3. The number of aromatic nitrogens is 1. The molecule has 1 aliphatic rings. The molecule has 0 radical (unpaired) electrons. The third kappa shape index (κ3) is 5.44. The summed E-state index contributed by atoms with van der Waals surface area (Å²) in [6.07, 6.45) is 3.93. The molecule has 10 heteroatoms. The second kappa shape index (κ2) is 11.8. The number of carbonyl (C=O) groups is 2. The number of carbonyl (C=O) groups excluding carboxylic acids is 2. The number of sulfonamides is 1. The molecule has 0 amide bonds. The van der Waals surface area contributed by atoms with Crippen LogP contribution >= 0.6 is 0 Å². The molecule has 0 aliphatic carbocycles. The largest absolute Gasteiger partial charge is 0.454 e. The number of rotatable bonds is 11. The summed E-state index contributed by atoms with van der Waals surface area (Å²) in [5.41, 5.74) is 1.96. The molecule has 2 aromatic carbocycles. The Bertz CT molecular complexity index is 1480. The lowest BCUT2D eigenvalue weighted by atomic mass is 10.1. The van der Waals surface area contributed by atoms with Crippen molar-refractivity contribution in [3.05, 3.63) is 59.8 Å². The molecule has 200 valence electrons. The normalized spacial score (nSPS) is 13.7. The fourth-order valence-electron chi connectivity index (χ4n) is 4.90. The van der Waals surface area contributed by atoms with E-state index in [1.807, 2.05) is 33.7 Å². The zero-order chi connectivity index (χ0) is 27.3. The van der Waals surface area contributed by atoms with Crippen LogP contribution in [-0.2, 0) is 21.3 Å². The van der Waals surface area contributed by atoms with Crippen LogP contribution in [0, 0.1) is 11.3 Å². The van der Waals surface area contributed by atoms with E-state index in [9.17, 15) is 18.0 Å². The van der Waals surface area contributed by atoms with Crippen molar-refractivity contribution in [3.8, 4) is 6.07 Å². The van der Waals surface area contributed by atoms with Crippen LogP contribution in [0.15, 0.2) is 53.6 Å². The van der Waals surface area contributed by atoms with Gasteiger partial charge in [-0.3, -0.25) is 4.79 Å². The Hall–Kier alpha value is -3.68. The molecule has 0 atom stereocenters. The van der Waals surface area contributed by atoms with Crippen molar-refractivity contribution in [2.75, 3.05) is 37.7 Å². The van der Waals surface area contributed by atoms with Gasteiger partial charge in [0.1, 0.15) is 0 Å². The number of nitriles is 1. The molecule has 38 heavy (non-hydrogen) atoms. The summed E-state index contributed by atoms with van der Waals surface area (Å²) >= 11 is 0. The summed E-state index contributed by atoms with van der Waals surface area (Å²) in [7, 11) is -3.79. The molecule has 2 heterocycles. The fourth-order valence-corrected chi connectivity index (χ4v) is 6.38. The van der Waals surface area contributed by atoms with Gasteiger partial charge < -0.3 is 14.2 Å². The maximum Gasteiger partial charge on any atom is 0.340 e. The van der Waals surface area contributed by atoms with Gasteiger partial charge in [0.15, 0.2) is 6.61 Å². The molecular weight excluding hydrogens is 504 g/mol. The molecule has 0 spiro atoms. The summed E-state index contributed by atoms with van der Waals surface area (Å²) in [6.45, 7) is 5.60. The first-order valence-corrected chi connectivity index (χ1v) is 14.3. The first-order valence-electron chi connectivity index (χ1n) is 12.9. The van der Waals surface area contributed by atoms with E-state index in [2.05, 4.69) is 6.07 Å². The Morgan fingerprint density at radius 2 is 1.76 bits per heavy atom. The highest BCUT2D eigenvalue weighted by Gasteiger charge is 2.27. The highest BCUT2D eigenvalue weighted by Crippen LogP contribution is 2.29. The minimum atomic E-state index is -3.79. The minimum Gasteiger partial charge on any atom is -0.454 e. The third-order valence-electron chi connectivity index (χ3n) is 6.87. The van der Waals surface area contributed by atoms with Crippen molar-refractivity contribution in [2.45, 2.75) is 44.6 Å². The van der Waals surface area contributed by atoms with Crippen LogP contribution in [0.25, 0.3) is 10.9 Å². The topological polar surface area (TPSA) is 113 Å². The van der Waals surface area contributed by atoms with Crippen LogP contribution < -0.4 is 4.90 Å². The van der Waals surface area contributed by atoms with Gasteiger partial charge in [0, 0.05) is 55.4 Å². The van der Waals surface area contributed by atoms with Crippen LogP contribution in [0.1, 0.15) is 53.8 Å². The summed E-state index contributed by atoms with van der Waals surface area (Å²) in [6, 6.07) is 14.0. The summed E-state index contributed by atoms with van der Waals surface area (Å²) in [5, 5.41) is 9.69. The molecule has 4 rings (SSSR count). The lowest BCUT2D eigenvalue weighted by molar-refractivity contribution is 0.0475. The van der Waals surface area contributed by atoms with Crippen molar-refractivity contribution >= 4 is 38.4 Å². The van der Waals surface area contributed by atoms with Crippen molar-refractivity contribution < 1.29 is 22.7 Å². The monoisotopic (exact) mass is 536 g/mol. The number of benzene rings is 2. The van der Waals surface area contributed by atoms with Gasteiger partial charge in [-0.25, -0.2) is 13.2 Å². The van der Waals surface area contributed by atoms with Crippen LogP contribution in [0.4, 0.5) is 5.69 Å². The number of fused-ring (bicyclic) bond motifs is 1. The lowest BCUT2D eigenvalue weighted by Crippen LogP contribution is -2.31. The number of nitrogens with zero attached hydrogens (tertiary/aromatic N) is 4. The molecule has 1 aliphatic heterocycles. The molecule has 1 aromatic heterocycles.